The fraction of sp³-hybridized carbons (Fsp3) is 0.917. The van der Waals surface area contributed by atoms with Gasteiger partial charge in [-0.3, -0.25) is 4.79 Å². The summed E-state index contributed by atoms with van der Waals surface area (Å²) in [6.07, 6.45) is 2.73. The van der Waals surface area contributed by atoms with Crippen molar-refractivity contribution >= 4 is 5.91 Å². The first-order valence-electron chi connectivity index (χ1n) is 6.52. The third kappa shape index (κ3) is 3.41. The molecule has 1 heterocycles. The molecule has 1 aliphatic carbocycles. The number of nitrogens with one attached hydrogen (secondary N) is 2. The zero-order valence-corrected chi connectivity index (χ0v) is 10.7. The van der Waals surface area contributed by atoms with Crippen molar-refractivity contribution in [3.63, 3.8) is 0 Å². The lowest BCUT2D eigenvalue weighted by atomic mass is 9.92. The number of carbonyl (C=O) groups excluding carboxylic acids is 1. The van der Waals surface area contributed by atoms with Crippen LogP contribution < -0.4 is 10.6 Å². The van der Waals surface area contributed by atoms with Crippen LogP contribution >= 0.6 is 0 Å². The molecule has 2 aliphatic rings. The molecule has 0 bridgehead atoms. The van der Waals surface area contributed by atoms with Gasteiger partial charge >= 0.3 is 0 Å². The number of rotatable bonds is 6. The van der Waals surface area contributed by atoms with Gasteiger partial charge in [0.15, 0.2) is 0 Å². The lowest BCUT2D eigenvalue weighted by Gasteiger charge is -2.30. The average Bonchev–Trinajstić information content (AvgIpc) is 2.63. The van der Waals surface area contributed by atoms with Crippen LogP contribution in [0.3, 0.4) is 0 Å². The van der Waals surface area contributed by atoms with Crippen molar-refractivity contribution in [3.05, 3.63) is 0 Å². The molecule has 0 aromatic carbocycles. The molecule has 6 heteroatoms. The number of aliphatic hydroxyl groups excluding tert-OH is 1. The molecular formula is C12H22N2O4. The predicted octanol–water partition coefficient (Wildman–Crippen LogP) is -0.981. The largest absolute Gasteiger partial charge is 0.389 e. The van der Waals surface area contributed by atoms with Crippen molar-refractivity contribution in [2.24, 2.45) is 0 Å². The summed E-state index contributed by atoms with van der Waals surface area (Å²) in [5.41, 5.74) is 0. The maximum atomic E-state index is 11.2. The molecule has 2 fully saturated rings. The number of methoxy groups -OCH3 is 1. The Morgan fingerprint density at radius 1 is 1.50 bits per heavy atom. The smallest absolute Gasteiger partial charge is 0.246 e. The van der Waals surface area contributed by atoms with Gasteiger partial charge in [0.1, 0.15) is 12.7 Å². The van der Waals surface area contributed by atoms with E-state index in [-0.39, 0.29) is 24.7 Å². The number of amides is 1. The molecule has 3 N–H and O–H groups in total. The van der Waals surface area contributed by atoms with Gasteiger partial charge < -0.3 is 25.2 Å². The minimum atomic E-state index is -0.562. The molecular weight excluding hydrogens is 236 g/mol. The lowest BCUT2D eigenvalue weighted by Crippen LogP contribution is -2.50. The van der Waals surface area contributed by atoms with Gasteiger partial charge in [-0.1, -0.05) is 6.42 Å². The molecule has 6 nitrogen and oxygen atoms in total. The fourth-order valence-electron chi connectivity index (χ4n) is 2.28. The van der Waals surface area contributed by atoms with Crippen molar-refractivity contribution in [2.45, 2.75) is 43.6 Å². The molecule has 0 aromatic heterocycles. The summed E-state index contributed by atoms with van der Waals surface area (Å²) in [5, 5.41) is 16.2. The molecule has 104 valence electrons. The molecule has 1 saturated carbocycles. The highest BCUT2D eigenvalue weighted by Gasteiger charge is 2.37. The van der Waals surface area contributed by atoms with Crippen molar-refractivity contribution in [1.29, 1.82) is 0 Å². The minimum absolute atomic E-state index is 0.0142. The maximum absolute atomic E-state index is 11.2. The lowest BCUT2D eigenvalue weighted by molar-refractivity contribution is -0.125. The first-order valence-corrected chi connectivity index (χ1v) is 6.52. The second-order valence-electron chi connectivity index (χ2n) is 5.00. The molecule has 18 heavy (non-hydrogen) atoms. The van der Waals surface area contributed by atoms with Crippen molar-refractivity contribution in [2.75, 3.05) is 26.9 Å². The zero-order chi connectivity index (χ0) is 13.0. The van der Waals surface area contributed by atoms with Gasteiger partial charge in [-0.05, 0) is 12.8 Å². The Hall–Kier alpha value is -0.690. The van der Waals surface area contributed by atoms with E-state index in [4.69, 9.17) is 9.47 Å². The first-order chi connectivity index (χ1) is 8.70. The normalized spacial score (nSPS) is 32.2. The van der Waals surface area contributed by atoms with Gasteiger partial charge in [0.25, 0.3) is 0 Å². The number of ether oxygens (including phenoxy) is 2. The standard InChI is InChI=1S/C12H22N2O4/c1-17-7-11(15)13-5-10-12(16)9(6-18-10)14-8-3-2-4-8/h8-10,12,14,16H,2-7H2,1H3,(H,13,15)/t9-,10-,12+/m1/s1. The molecule has 0 unspecified atom stereocenters. The summed E-state index contributed by atoms with van der Waals surface area (Å²) in [5.74, 6) is -0.191. The SMILES string of the molecule is COCC(=O)NC[C@H]1OC[C@@H](NC2CCC2)[C@@H]1O. The molecule has 0 radical (unpaired) electrons. The van der Waals surface area contributed by atoms with Crippen LogP contribution in [0.1, 0.15) is 19.3 Å². The van der Waals surface area contributed by atoms with Crippen LogP contribution in [0.15, 0.2) is 0 Å². The number of hydrogen-bond donors (Lipinski definition) is 3. The van der Waals surface area contributed by atoms with E-state index in [0.29, 0.717) is 19.2 Å². The van der Waals surface area contributed by atoms with Crippen LogP contribution in [-0.2, 0) is 14.3 Å². The van der Waals surface area contributed by atoms with E-state index < -0.39 is 6.10 Å². The highest BCUT2D eigenvalue weighted by molar-refractivity contribution is 5.77. The summed E-state index contributed by atoms with van der Waals surface area (Å²) in [6.45, 7) is 0.862. The molecule has 1 aliphatic heterocycles. The van der Waals surface area contributed by atoms with Crippen LogP contribution in [0.5, 0.6) is 0 Å². The topological polar surface area (TPSA) is 79.8 Å². The summed E-state index contributed by atoms with van der Waals surface area (Å²) in [7, 11) is 1.47. The van der Waals surface area contributed by atoms with Gasteiger partial charge in [0.05, 0.1) is 18.8 Å². The maximum Gasteiger partial charge on any atom is 0.246 e. The molecule has 0 aromatic rings. The third-order valence-electron chi connectivity index (χ3n) is 3.61. The van der Waals surface area contributed by atoms with Gasteiger partial charge in [-0.25, -0.2) is 0 Å². The van der Waals surface area contributed by atoms with Crippen LogP contribution in [0.25, 0.3) is 0 Å². The Balaban J connectivity index is 1.69. The van der Waals surface area contributed by atoms with Crippen LogP contribution in [0.4, 0.5) is 0 Å². The molecule has 1 saturated heterocycles. The predicted molar refractivity (Wildman–Crippen MR) is 65.2 cm³/mol. The monoisotopic (exact) mass is 258 g/mol. The van der Waals surface area contributed by atoms with E-state index in [1.807, 2.05) is 0 Å². The van der Waals surface area contributed by atoms with E-state index in [0.717, 1.165) is 0 Å². The van der Waals surface area contributed by atoms with E-state index in [2.05, 4.69) is 10.6 Å². The number of hydrogen-bond acceptors (Lipinski definition) is 5. The van der Waals surface area contributed by atoms with Crippen LogP contribution in [-0.4, -0.2) is 62.2 Å². The van der Waals surface area contributed by atoms with Gasteiger partial charge in [-0.15, -0.1) is 0 Å². The Bertz CT molecular complexity index is 283. The summed E-state index contributed by atoms with van der Waals surface area (Å²) in [4.78, 5) is 11.2. The summed E-state index contributed by atoms with van der Waals surface area (Å²) >= 11 is 0. The minimum Gasteiger partial charge on any atom is -0.389 e. The zero-order valence-electron chi connectivity index (χ0n) is 10.7. The third-order valence-corrected chi connectivity index (χ3v) is 3.61. The fourth-order valence-corrected chi connectivity index (χ4v) is 2.28. The summed E-state index contributed by atoms with van der Waals surface area (Å²) < 4.78 is 10.2. The van der Waals surface area contributed by atoms with Crippen LogP contribution in [0, 0.1) is 0 Å². The van der Waals surface area contributed by atoms with Crippen molar-refractivity contribution in [1.82, 2.24) is 10.6 Å². The van der Waals surface area contributed by atoms with E-state index in [1.165, 1.54) is 26.4 Å². The Morgan fingerprint density at radius 3 is 2.89 bits per heavy atom. The average molecular weight is 258 g/mol. The quantitative estimate of drug-likeness (QED) is 0.570. The Morgan fingerprint density at radius 2 is 2.28 bits per heavy atom. The van der Waals surface area contributed by atoms with Crippen molar-refractivity contribution < 1.29 is 19.4 Å². The molecule has 0 spiro atoms. The van der Waals surface area contributed by atoms with Crippen molar-refractivity contribution in [3.8, 4) is 0 Å². The Labute approximate surface area is 107 Å². The highest BCUT2D eigenvalue weighted by atomic mass is 16.5. The van der Waals surface area contributed by atoms with Gasteiger partial charge in [0, 0.05) is 19.7 Å². The van der Waals surface area contributed by atoms with E-state index in [1.54, 1.807) is 0 Å². The number of carbonyl (C=O) groups is 1. The number of aliphatic hydroxyl groups is 1. The van der Waals surface area contributed by atoms with Gasteiger partial charge in [0.2, 0.25) is 5.91 Å². The van der Waals surface area contributed by atoms with Crippen LogP contribution in [0.2, 0.25) is 0 Å². The van der Waals surface area contributed by atoms with E-state index in [9.17, 15) is 9.90 Å². The second-order valence-corrected chi connectivity index (χ2v) is 5.00. The van der Waals surface area contributed by atoms with E-state index >= 15 is 0 Å². The second kappa shape index (κ2) is 6.47. The molecule has 2 rings (SSSR count). The highest BCUT2D eigenvalue weighted by Crippen LogP contribution is 2.22. The Kier molecular flexibility index (Phi) is 4.94. The van der Waals surface area contributed by atoms with Gasteiger partial charge in [-0.2, -0.15) is 0 Å². The summed E-state index contributed by atoms with van der Waals surface area (Å²) in [6, 6.07) is 0.509. The molecule has 1 amide bonds. The first kappa shape index (κ1) is 13.7. The molecule has 3 atom stereocenters.